The van der Waals surface area contributed by atoms with E-state index in [0.29, 0.717) is 24.3 Å². The Bertz CT molecular complexity index is 1170. The molecule has 0 saturated carbocycles. The van der Waals surface area contributed by atoms with E-state index < -0.39 is 0 Å². The van der Waals surface area contributed by atoms with Crippen molar-refractivity contribution in [1.82, 2.24) is 0 Å². The predicted octanol–water partition coefficient (Wildman–Crippen LogP) is 11.0. The van der Waals surface area contributed by atoms with Crippen molar-refractivity contribution in [2.75, 3.05) is 0 Å². The van der Waals surface area contributed by atoms with Gasteiger partial charge in [-0.15, -0.1) is 0 Å². The summed E-state index contributed by atoms with van der Waals surface area (Å²) < 4.78 is 0. The molecule has 0 aliphatic rings. The van der Waals surface area contributed by atoms with Crippen LogP contribution in [0.25, 0.3) is 11.1 Å². The number of nitrogens with zero attached hydrogens (tertiary/aromatic N) is 1. The van der Waals surface area contributed by atoms with E-state index in [9.17, 15) is 0 Å². The van der Waals surface area contributed by atoms with Crippen LogP contribution in [0.15, 0.2) is 133 Å². The summed E-state index contributed by atoms with van der Waals surface area (Å²) in [6, 6.07) is 18.6. The molecular formula is C37H48N2. The van der Waals surface area contributed by atoms with Crippen LogP contribution >= 0.6 is 0 Å². The fourth-order valence-corrected chi connectivity index (χ4v) is 3.31. The minimum atomic E-state index is 0.410. The van der Waals surface area contributed by atoms with Gasteiger partial charge in [-0.25, -0.2) is 0 Å². The first-order valence-electron chi connectivity index (χ1n) is 14.0. The van der Waals surface area contributed by atoms with Crippen LogP contribution < -0.4 is 0 Å². The Hall–Kier alpha value is -4.04. The van der Waals surface area contributed by atoms with Crippen LogP contribution in [0, 0.1) is 5.41 Å². The molecule has 0 fully saturated rings. The lowest BCUT2D eigenvalue weighted by molar-refractivity contribution is 1.06. The van der Waals surface area contributed by atoms with Crippen molar-refractivity contribution in [2.45, 2.75) is 60.9 Å². The molecule has 0 radical (unpaired) electrons. The smallest absolute Gasteiger partial charge is 0.0641 e. The fourth-order valence-electron chi connectivity index (χ4n) is 3.31. The number of allylic oxidation sites excluding steroid dienone is 12. The van der Waals surface area contributed by atoms with Crippen LogP contribution in [0.5, 0.6) is 0 Å². The molecule has 0 aliphatic heterocycles. The van der Waals surface area contributed by atoms with Crippen molar-refractivity contribution in [3.63, 3.8) is 0 Å². The Kier molecular flexibility index (Phi) is 20.7. The second-order valence-corrected chi connectivity index (χ2v) is 7.92. The van der Waals surface area contributed by atoms with Crippen molar-refractivity contribution < 1.29 is 0 Å². The molecule has 0 heterocycles. The highest BCUT2D eigenvalue weighted by atomic mass is 14.7. The third kappa shape index (κ3) is 14.5. The highest BCUT2D eigenvalue weighted by molar-refractivity contribution is 6.07. The van der Waals surface area contributed by atoms with Crippen molar-refractivity contribution in [3.05, 3.63) is 145 Å². The van der Waals surface area contributed by atoms with Gasteiger partial charge >= 0.3 is 0 Å². The van der Waals surface area contributed by atoms with E-state index in [0.717, 1.165) is 28.7 Å². The van der Waals surface area contributed by atoms with E-state index in [1.165, 1.54) is 5.56 Å². The Balaban J connectivity index is 0.00000344. The SMILES string of the molecule is C=C(/C=C\CC=NCc1ccccc1C(=C)/C=C\C(=C/C)c1ccccc1)C(=N)/C=C\C=C\CC.CC.CC. The van der Waals surface area contributed by atoms with Crippen LogP contribution in [0.2, 0.25) is 0 Å². The standard InChI is InChI=1S/C33H36N2.2C2H6/c1-5-7-8-12-22-33(34)28(4)17-15-16-25-35-26-31-20-13-14-21-32(31)27(3)23-24-29(6-2)30-18-10-9-11-19-30;2*1-2/h6-15,17-25,34H,3-5,16,26H2,1-2H3;2*1-2H3/b8-7+,17-15-,22-12-,24-23-,29-6+,34-33?,35-25?;;. The van der Waals surface area contributed by atoms with E-state index in [1.54, 1.807) is 6.08 Å². The van der Waals surface area contributed by atoms with Gasteiger partial charge in [-0.1, -0.05) is 151 Å². The molecule has 0 spiro atoms. The Morgan fingerprint density at radius 1 is 0.821 bits per heavy atom. The molecule has 2 heteroatoms. The quantitative estimate of drug-likeness (QED) is 0.201. The summed E-state index contributed by atoms with van der Waals surface area (Å²) >= 11 is 0. The van der Waals surface area contributed by atoms with Gasteiger partial charge in [-0.05, 0) is 52.8 Å². The molecule has 0 aromatic heterocycles. The zero-order valence-corrected chi connectivity index (χ0v) is 25.0. The molecule has 39 heavy (non-hydrogen) atoms. The number of hydrogen-bond acceptors (Lipinski definition) is 2. The zero-order valence-electron chi connectivity index (χ0n) is 25.0. The molecule has 2 nitrogen and oxygen atoms in total. The summed E-state index contributed by atoms with van der Waals surface area (Å²) in [6.07, 6.45) is 21.3. The molecule has 0 unspecified atom stereocenters. The highest BCUT2D eigenvalue weighted by Gasteiger charge is 2.03. The third-order valence-electron chi connectivity index (χ3n) is 5.29. The number of benzene rings is 2. The lowest BCUT2D eigenvalue weighted by atomic mass is 9.98. The number of nitrogens with one attached hydrogen (secondary N) is 1. The first-order chi connectivity index (χ1) is 19.1. The average molecular weight is 521 g/mol. The maximum atomic E-state index is 8.02. The van der Waals surface area contributed by atoms with E-state index in [4.69, 9.17) is 5.41 Å². The monoisotopic (exact) mass is 520 g/mol. The van der Waals surface area contributed by atoms with E-state index in [-0.39, 0.29) is 0 Å². The largest absolute Gasteiger partial charge is 0.300 e. The van der Waals surface area contributed by atoms with Gasteiger partial charge in [-0.2, -0.15) is 0 Å². The van der Waals surface area contributed by atoms with Gasteiger partial charge in [0.2, 0.25) is 0 Å². The second-order valence-electron chi connectivity index (χ2n) is 7.92. The van der Waals surface area contributed by atoms with Crippen LogP contribution in [0.1, 0.15) is 71.1 Å². The van der Waals surface area contributed by atoms with Crippen LogP contribution in [-0.2, 0) is 6.54 Å². The second kappa shape index (κ2) is 23.1. The Morgan fingerprint density at radius 2 is 1.49 bits per heavy atom. The molecule has 206 valence electrons. The topological polar surface area (TPSA) is 36.2 Å². The molecule has 0 aliphatic carbocycles. The van der Waals surface area contributed by atoms with Crippen molar-refractivity contribution in [2.24, 2.45) is 4.99 Å². The first-order valence-corrected chi connectivity index (χ1v) is 14.0. The van der Waals surface area contributed by atoms with Crippen molar-refractivity contribution >= 4 is 23.1 Å². The number of hydrogen-bond donors (Lipinski definition) is 1. The third-order valence-corrected chi connectivity index (χ3v) is 5.29. The van der Waals surface area contributed by atoms with E-state index in [2.05, 4.69) is 67.6 Å². The number of rotatable bonds is 13. The highest BCUT2D eigenvalue weighted by Crippen LogP contribution is 2.22. The molecule has 2 aromatic rings. The van der Waals surface area contributed by atoms with Crippen LogP contribution in [0.4, 0.5) is 0 Å². The van der Waals surface area contributed by atoms with Gasteiger partial charge in [-0.3, -0.25) is 4.99 Å². The zero-order chi connectivity index (χ0) is 29.3. The van der Waals surface area contributed by atoms with E-state index in [1.807, 2.05) is 102 Å². The summed E-state index contributed by atoms with van der Waals surface area (Å²) in [4.78, 5) is 4.60. The summed E-state index contributed by atoms with van der Waals surface area (Å²) in [5, 5.41) is 8.02. The summed E-state index contributed by atoms with van der Waals surface area (Å²) in [5.41, 5.74) is 6.65. The van der Waals surface area contributed by atoms with Gasteiger partial charge in [0.15, 0.2) is 0 Å². The number of aliphatic imine (C=N–C) groups is 1. The first kappa shape index (κ1) is 35.0. The maximum Gasteiger partial charge on any atom is 0.0641 e. The van der Waals surface area contributed by atoms with E-state index >= 15 is 0 Å². The van der Waals surface area contributed by atoms with Crippen LogP contribution in [0.3, 0.4) is 0 Å². The fraction of sp³-hybridized carbons (Fsp3) is 0.243. The van der Waals surface area contributed by atoms with Gasteiger partial charge in [0.1, 0.15) is 0 Å². The molecular weight excluding hydrogens is 472 g/mol. The Labute approximate surface area is 238 Å². The Morgan fingerprint density at radius 3 is 2.15 bits per heavy atom. The lowest BCUT2D eigenvalue weighted by Gasteiger charge is -2.08. The normalized spacial score (nSPS) is 11.6. The molecule has 2 aromatic carbocycles. The molecule has 0 atom stereocenters. The van der Waals surface area contributed by atoms with Crippen LogP contribution in [-0.4, -0.2) is 11.9 Å². The van der Waals surface area contributed by atoms with Gasteiger partial charge in [0.25, 0.3) is 0 Å². The lowest BCUT2D eigenvalue weighted by Crippen LogP contribution is -1.92. The average Bonchev–Trinajstić information content (AvgIpc) is 2.99. The summed E-state index contributed by atoms with van der Waals surface area (Å²) in [6.45, 7) is 21.0. The van der Waals surface area contributed by atoms with Gasteiger partial charge in [0, 0.05) is 12.6 Å². The molecule has 0 bridgehead atoms. The van der Waals surface area contributed by atoms with Gasteiger partial charge < -0.3 is 5.41 Å². The predicted molar refractivity (Wildman–Crippen MR) is 179 cm³/mol. The maximum absolute atomic E-state index is 8.02. The molecule has 1 N–H and O–H groups in total. The summed E-state index contributed by atoms with van der Waals surface area (Å²) in [5.74, 6) is 0. The molecule has 2 rings (SSSR count). The molecule has 0 saturated heterocycles. The minimum Gasteiger partial charge on any atom is -0.300 e. The minimum absolute atomic E-state index is 0.410. The molecule has 0 amide bonds. The summed E-state index contributed by atoms with van der Waals surface area (Å²) in [7, 11) is 0. The van der Waals surface area contributed by atoms with Crippen molar-refractivity contribution in [3.8, 4) is 0 Å². The van der Waals surface area contributed by atoms with Crippen molar-refractivity contribution in [1.29, 1.82) is 5.41 Å². The van der Waals surface area contributed by atoms with Gasteiger partial charge in [0.05, 0.1) is 12.3 Å².